The molecule has 1 heterocycles. The predicted octanol–water partition coefficient (Wildman–Crippen LogP) is 1.27. The monoisotopic (exact) mass is 406 g/mol. The van der Waals surface area contributed by atoms with E-state index in [1.165, 1.54) is 32.1 Å². The van der Waals surface area contributed by atoms with Crippen molar-refractivity contribution in [3.63, 3.8) is 0 Å². The third-order valence-electron chi connectivity index (χ3n) is 4.94. The fourth-order valence-electron chi connectivity index (χ4n) is 3.17. The highest BCUT2D eigenvalue weighted by Gasteiger charge is 2.41. The van der Waals surface area contributed by atoms with Crippen LogP contribution < -0.4 is 0 Å². The quantitative estimate of drug-likeness (QED) is 0.223. The summed E-state index contributed by atoms with van der Waals surface area (Å²) in [6, 6.07) is 0. The maximum Gasteiger partial charge on any atom is 0.306 e. The van der Waals surface area contributed by atoms with E-state index in [-0.39, 0.29) is 19.6 Å². The number of aliphatic hydroxyl groups is 4. The van der Waals surface area contributed by atoms with Crippen LogP contribution in [0.4, 0.5) is 0 Å². The molecule has 0 radical (unpaired) electrons. The van der Waals surface area contributed by atoms with Crippen molar-refractivity contribution in [2.45, 2.75) is 102 Å². The summed E-state index contributed by atoms with van der Waals surface area (Å²) in [5.41, 5.74) is 0. The fourth-order valence-corrected chi connectivity index (χ4v) is 3.17. The Morgan fingerprint density at radius 3 is 2.00 bits per heavy atom. The molecule has 1 saturated heterocycles. The smallest absolute Gasteiger partial charge is 0.306 e. The molecule has 1 fully saturated rings. The third kappa shape index (κ3) is 9.62. The summed E-state index contributed by atoms with van der Waals surface area (Å²) >= 11 is 0. The van der Waals surface area contributed by atoms with Gasteiger partial charge < -0.3 is 34.6 Å². The molecular weight excluding hydrogens is 368 g/mol. The molecule has 1 aliphatic rings. The van der Waals surface area contributed by atoms with Crippen LogP contribution in [0.1, 0.15) is 71.1 Å². The summed E-state index contributed by atoms with van der Waals surface area (Å²) in [5.74, 6) is -0.517. The second kappa shape index (κ2) is 15.1. The SMILES string of the molecule is CCCCCCCCCCCC(=O)O[C@H](C1OCCO1)[C@@H](O)[C@H](O)[C@H](O)CO. The van der Waals surface area contributed by atoms with Crippen LogP contribution in [-0.2, 0) is 19.0 Å². The molecule has 0 aromatic carbocycles. The lowest BCUT2D eigenvalue weighted by Gasteiger charge is -2.31. The van der Waals surface area contributed by atoms with Crippen molar-refractivity contribution in [2.75, 3.05) is 19.8 Å². The molecule has 0 spiro atoms. The lowest BCUT2D eigenvalue weighted by Crippen LogP contribution is -2.52. The minimum atomic E-state index is -1.69. The van der Waals surface area contributed by atoms with E-state index in [1.54, 1.807) is 0 Å². The third-order valence-corrected chi connectivity index (χ3v) is 4.94. The van der Waals surface area contributed by atoms with Crippen molar-refractivity contribution in [2.24, 2.45) is 0 Å². The molecule has 28 heavy (non-hydrogen) atoms. The van der Waals surface area contributed by atoms with E-state index in [2.05, 4.69) is 6.92 Å². The first-order chi connectivity index (χ1) is 13.5. The number of aliphatic hydroxyl groups excluding tert-OH is 4. The van der Waals surface area contributed by atoms with Gasteiger partial charge in [-0.3, -0.25) is 4.79 Å². The number of carbonyl (C=O) groups is 1. The van der Waals surface area contributed by atoms with Crippen molar-refractivity contribution < 1.29 is 39.4 Å². The first-order valence-corrected chi connectivity index (χ1v) is 10.6. The van der Waals surface area contributed by atoms with E-state index >= 15 is 0 Å². The molecule has 0 saturated carbocycles. The van der Waals surface area contributed by atoms with Gasteiger partial charge in [0.25, 0.3) is 0 Å². The average molecular weight is 407 g/mol. The lowest BCUT2D eigenvalue weighted by atomic mass is 10.0. The Morgan fingerprint density at radius 1 is 0.929 bits per heavy atom. The van der Waals surface area contributed by atoms with Gasteiger partial charge in [-0.25, -0.2) is 0 Å². The number of ether oxygens (including phenoxy) is 3. The molecule has 166 valence electrons. The lowest BCUT2D eigenvalue weighted by molar-refractivity contribution is -0.210. The van der Waals surface area contributed by atoms with Gasteiger partial charge in [-0.05, 0) is 6.42 Å². The van der Waals surface area contributed by atoms with Crippen LogP contribution in [0.3, 0.4) is 0 Å². The zero-order valence-electron chi connectivity index (χ0n) is 17.0. The van der Waals surface area contributed by atoms with E-state index in [4.69, 9.17) is 19.3 Å². The molecule has 1 rings (SSSR count). The maximum absolute atomic E-state index is 12.1. The van der Waals surface area contributed by atoms with Gasteiger partial charge in [0.15, 0.2) is 12.4 Å². The van der Waals surface area contributed by atoms with E-state index in [1.807, 2.05) is 0 Å². The van der Waals surface area contributed by atoms with Gasteiger partial charge in [-0.2, -0.15) is 0 Å². The molecule has 0 amide bonds. The van der Waals surface area contributed by atoms with Crippen molar-refractivity contribution in [1.82, 2.24) is 0 Å². The molecule has 0 aromatic heterocycles. The van der Waals surface area contributed by atoms with Crippen LogP contribution in [0.25, 0.3) is 0 Å². The summed E-state index contributed by atoms with van der Waals surface area (Å²) in [6.45, 7) is 2.03. The van der Waals surface area contributed by atoms with Crippen molar-refractivity contribution >= 4 is 5.97 Å². The molecule has 0 unspecified atom stereocenters. The first kappa shape index (κ1) is 25.3. The number of carbonyl (C=O) groups excluding carboxylic acids is 1. The maximum atomic E-state index is 12.1. The molecule has 4 atom stereocenters. The number of hydrogen-bond donors (Lipinski definition) is 4. The topological polar surface area (TPSA) is 126 Å². The van der Waals surface area contributed by atoms with E-state index in [0.717, 1.165) is 19.3 Å². The van der Waals surface area contributed by atoms with Gasteiger partial charge in [0.05, 0.1) is 19.8 Å². The van der Waals surface area contributed by atoms with E-state index < -0.39 is 43.3 Å². The highest BCUT2D eigenvalue weighted by molar-refractivity contribution is 5.69. The molecular formula is C20H38O8. The molecule has 4 N–H and O–H groups in total. The minimum absolute atomic E-state index is 0.199. The Labute approximate surface area is 167 Å². The van der Waals surface area contributed by atoms with E-state index in [9.17, 15) is 20.1 Å². The van der Waals surface area contributed by atoms with Gasteiger partial charge in [-0.1, -0.05) is 58.3 Å². The van der Waals surface area contributed by atoms with Crippen LogP contribution in [-0.4, -0.2) is 76.9 Å². The zero-order valence-corrected chi connectivity index (χ0v) is 17.0. The van der Waals surface area contributed by atoms with Crippen molar-refractivity contribution in [1.29, 1.82) is 0 Å². The number of hydrogen-bond acceptors (Lipinski definition) is 8. The van der Waals surface area contributed by atoms with Crippen molar-refractivity contribution in [3.05, 3.63) is 0 Å². The Morgan fingerprint density at radius 2 is 1.46 bits per heavy atom. The molecule has 8 heteroatoms. The predicted molar refractivity (Wildman–Crippen MR) is 103 cm³/mol. The van der Waals surface area contributed by atoms with Crippen LogP contribution >= 0.6 is 0 Å². The fraction of sp³-hybridized carbons (Fsp3) is 0.950. The minimum Gasteiger partial charge on any atom is -0.454 e. The molecule has 1 aliphatic heterocycles. The Kier molecular flexibility index (Phi) is 13.6. The number of unbranched alkanes of at least 4 members (excludes halogenated alkanes) is 8. The van der Waals surface area contributed by atoms with Gasteiger partial charge >= 0.3 is 5.97 Å². The highest BCUT2D eigenvalue weighted by Crippen LogP contribution is 2.20. The summed E-state index contributed by atoms with van der Waals surface area (Å²) in [5, 5.41) is 38.6. The molecule has 0 aromatic rings. The number of rotatable bonds is 16. The van der Waals surface area contributed by atoms with E-state index in [0.29, 0.717) is 6.42 Å². The summed E-state index contributed by atoms with van der Waals surface area (Å²) < 4.78 is 15.9. The molecule has 0 bridgehead atoms. The molecule has 8 nitrogen and oxygen atoms in total. The number of esters is 1. The Bertz CT molecular complexity index is 400. The second-order valence-electron chi connectivity index (χ2n) is 7.37. The van der Waals surface area contributed by atoms with Gasteiger partial charge in [-0.15, -0.1) is 0 Å². The van der Waals surface area contributed by atoms with Gasteiger partial charge in [0.2, 0.25) is 0 Å². The zero-order chi connectivity index (χ0) is 20.8. The highest BCUT2D eigenvalue weighted by atomic mass is 16.7. The summed E-state index contributed by atoms with van der Waals surface area (Å²) in [4.78, 5) is 12.1. The normalized spacial score (nSPS) is 19.3. The molecule has 0 aliphatic carbocycles. The first-order valence-electron chi connectivity index (χ1n) is 10.6. The van der Waals surface area contributed by atoms with Crippen LogP contribution in [0.5, 0.6) is 0 Å². The van der Waals surface area contributed by atoms with Gasteiger partial charge in [0, 0.05) is 6.42 Å². The van der Waals surface area contributed by atoms with Crippen LogP contribution in [0.15, 0.2) is 0 Å². The Hall–Kier alpha value is -0.770. The van der Waals surface area contributed by atoms with Crippen molar-refractivity contribution in [3.8, 4) is 0 Å². The largest absolute Gasteiger partial charge is 0.454 e. The summed E-state index contributed by atoms with van der Waals surface area (Å²) in [6.07, 6.45) is 3.17. The average Bonchev–Trinajstić information content (AvgIpc) is 3.23. The standard InChI is InChI=1S/C20H38O8/c1-2-3-4-5-6-7-8-9-10-11-16(23)28-19(20-26-12-13-27-20)18(25)17(24)15(22)14-21/h15,17-22,24-25H,2-14H2,1H3/t15-,17-,18+,19+/m1/s1. The van der Waals surface area contributed by atoms with Crippen LogP contribution in [0.2, 0.25) is 0 Å². The van der Waals surface area contributed by atoms with Gasteiger partial charge in [0.1, 0.15) is 18.3 Å². The summed E-state index contributed by atoms with van der Waals surface area (Å²) in [7, 11) is 0. The van der Waals surface area contributed by atoms with Crippen LogP contribution in [0, 0.1) is 0 Å². The Balaban J connectivity index is 2.33. The second-order valence-corrected chi connectivity index (χ2v) is 7.37.